The lowest BCUT2D eigenvalue weighted by molar-refractivity contribution is -0.125. The maximum atomic E-state index is 12.2. The van der Waals surface area contributed by atoms with E-state index in [4.69, 9.17) is 25.1 Å². The average molecular weight is 483 g/mol. The van der Waals surface area contributed by atoms with Gasteiger partial charge in [0.25, 0.3) is 0 Å². The largest absolute Gasteiger partial charge is 0.493 e. The molecule has 0 radical (unpaired) electrons. The van der Waals surface area contributed by atoms with E-state index >= 15 is 0 Å². The number of benzene rings is 1. The molecule has 1 rings (SSSR count). The van der Waals surface area contributed by atoms with Crippen LogP contribution in [-0.2, 0) is 16.0 Å². The summed E-state index contributed by atoms with van der Waals surface area (Å²) in [4.78, 5) is 12.2. The fraction of sp³-hybridized carbons (Fsp3) is 0.731. The van der Waals surface area contributed by atoms with Crippen LogP contribution in [0.5, 0.6) is 11.5 Å². The van der Waals surface area contributed by atoms with Crippen LogP contribution in [0.15, 0.2) is 18.2 Å². The molecule has 5 N–H and O–H groups in total. The van der Waals surface area contributed by atoms with Crippen molar-refractivity contribution in [1.82, 2.24) is 5.32 Å². The van der Waals surface area contributed by atoms with E-state index in [0.29, 0.717) is 56.4 Å². The van der Waals surface area contributed by atoms with E-state index in [1.807, 2.05) is 18.2 Å². The fourth-order valence-corrected chi connectivity index (χ4v) is 3.86. The van der Waals surface area contributed by atoms with Gasteiger partial charge in [-0.15, -0.1) is 0 Å². The summed E-state index contributed by atoms with van der Waals surface area (Å²) in [6, 6.07) is 5.55. The van der Waals surface area contributed by atoms with Gasteiger partial charge in [-0.05, 0) is 55.2 Å². The summed E-state index contributed by atoms with van der Waals surface area (Å²) in [5.41, 5.74) is 7.50. The molecule has 0 saturated carbocycles. The van der Waals surface area contributed by atoms with Gasteiger partial charge in [0.15, 0.2) is 11.5 Å². The molecule has 0 heterocycles. The highest BCUT2D eigenvalue weighted by atomic mass is 16.5. The summed E-state index contributed by atoms with van der Waals surface area (Å²) in [6.45, 7) is 7.76. The number of nitrogens with one attached hydrogen (secondary N) is 1. The molecule has 0 bridgehead atoms. The van der Waals surface area contributed by atoms with E-state index in [-0.39, 0.29) is 24.3 Å². The number of hydrogen-bond donors (Lipinski definition) is 4. The van der Waals surface area contributed by atoms with E-state index in [2.05, 4.69) is 19.2 Å². The molecule has 0 saturated heterocycles. The lowest BCUT2D eigenvalue weighted by Crippen LogP contribution is -2.41. The van der Waals surface area contributed by atoms with E-state index in [1.54, 1.807) is 21.1 Å². The molecular weight excluding hydrogens is 436 g/mol. The quantitative estimate of drug-likeness (QED) is 0.237. The first-order chi connectivity index (χ1) is 16.2. The van der Waals surface area contributed by atoms with Gasteiger partial charge in [0.2, 0.25) is 5.91 Å². The Hall–Kier alpha value is -1.87. The minimum Gasteiger partial charge on any atom is -0.493 e. The lowest BCUT2D eigenvalue weighted by atomic mass is 9.82. The Morgan fingerprint density at radius 3 is 2.44 bits per heavy atom. The first-order valence-electron chi connectivity index (χ1n) is 12.3. The first kappa shape index (κ1) is 30.2. The van der Waals surface area contributed by atoms with Crippen molar-refractivity contribution in [2.24, 2.45) is 23.5 Å². The Balaban J connectivity index is 2.73. The smallest absolute Gasteiger partial charge is 0.222 e. The number of methoxy groups -OCH3 is 2. The highest BCUT2D eigenvalue weighted by Crippen LogP contribution is 2.31. The Kier molecular flexibility index (Phi) is 14.8. The van der Waals surface area contributed by atoms with E-state index < -0.39 is 12.1 Å². The third kappa shape index (κ3) is 11.0. The number of hydrogen-bond acceptors (Lipinski definition) is 7. The van der Waals surface area contributed by atoms with Crippen molar-refractivity contribution < 1.29 is 29.2 Å². The summed E-state index contributed by atoms with van der Waals surface area (Å²) in [6.07, 6.45) is 2.29. The van der Waals surface area contributed by atoms with Crippen molar-refractivity contribution in [3.63, 3.8) is 0 Å². The summed E-state index contributed by atoms with van der Waals surface area (Å²) < 4.78 is 16.4. The molecule has 0 aliphatic carbocycles. The van der Waals surface area contributed by atoms with Crippen molar-refractivity contribution in [1.29, 1.82) is 0 Å². The van der Waals surface area contributed by atoms with Gasteiger partial charge in [0.1, 0.15) is 0 Å². The molecule has 8 nitrogen and oxygen atoms in total. The van der Waals surface area contributed by atoms with Gasteiger partial charge in [-0.3, -0.25) is 4.79 Å². The van der Waals surface area contributed by atoms with Gasteiger partial charge in [-0.2, -0.15) is 0 Å². The average Bonchev–Trinajstić information content (AvgIpc) is 2.81. The summed E-state index contributed by atoms with van der Waals surface area (Å²) in [5.74, 6) is 1.55. The third-order valence-electron chi connectivity index (χ3n) is 6.16. The second kappa shape index (κ2) is 16.7. The van der Waals surface area contributed by atoms with Crippen molar-refractivity contribution >= 4 is 5.91 Å². The minimum atomic E-state index is -0.768. The van der Waals surface area contributed by atoms with Crippen LogP contribution in [0.4, 0.5) is 0 Å². The topological polar surface area (TPSA) is 123 Å². The summed E-state index contributed by atoms with van der Waals surface area (Å²) in [5, 5.41) is 22.3. The molecule has 8 heteroatoms. The number of nitrogens with two attached hydrogens (primary N) is 1. The number of rotatable bonds is 18. The molecule has 1 aromatic rings. The number of amides is 1. The highest BCUT2D eigenvalue weighted by Gasteiger charge is 2.26. The van der Waals surface area contributed by atoms with Crippen molar-refractivity contribution in [2.45, 2.75) is 65.0 Å². The zero-order valence-electron chi connectivity index (χ0n) is 21.6. The van der Waals surface area contributed by atoms with Crippen LogP contribution in [0.3, 0.4) is 0 Å². The van der Waals surface area contributed by atoms with Crippen LogP contribution >= 0.6 is 0 Å². The molecule has 0 aliphatic heterocycles. The molecule has 0 spiro atoms. The van der Waals surface area contributed by atoms with E-state index in [1.165, 1.54) is 0 Å². The van der Waals surface area contributed by atoms with Gasteiger partial charge >= 0.3 is 0 Å². The Labute approximate surface area is 205 Å². The molecule has 34 heavy (non-hydrogen) atoms. The number of carbonyl (C=O) groups excluding carboxylic acids is 1. The standard InChI is InChI=1S/C26H46N2O6/c1-18(2)21(17-22(27)23(30)14-19(3)26(31)28-10-6-11-29)15-20-8-9-24(33-5)25(16-20)34-13-7-12-32-4/h8-9,16,18-19,21-23,29-30H,6-7,10-15,17,27H2,1-5H3,(H,28,31)/t19-,21+,22+,23+/m1/s1. The van der Waals surface area contributed by atoms with Crippen molar-refractivity contribution in [2.75, 3.05) is 40.6 Å². The van der Waals surface area contributed by atoms with Crippen LogP contribution < -0.4 is 20.5 Å². The second-order valence-electron chi connectivity index (χ2n) is 9.36. The predicted octanol–water partition coefficient (Wildman–Crippen LogP) is 2.53. The molecule has 0 aliphatic rings. The van der Waals surface area contributed by atoms with Crippen LogP contribution in [0.25, 0.3) is 0 Å². The maximum absolute atomic E-state index is 12.2. The molecule has 196 valence electrons. The van der Waals surface area contributed by atoms with Gasteiger partial charge in [-0.1, -0.05) is 26.8 Å². The van der Waals surface area contributed by atoms with Gasteiger partial charge < -0.3 is 35.5 Å². The Morgan fingerprint density at radius 1 is 1.09 bits per heavy atom. The molecule has 0 fully saturated rings. The van der Waals surface area contributed by atoms with Gasteiger partial charge in [0, 0.05) is 45.2 Å². The lowest BCUT2D eigenvalue weighted by Gasteiger charge is -2.28. The van der Waals surface area contributed by atoms with Crippen LogP contribution in [0, 0.1) is 17.8 Å². The van der Waals surface area contributed by atoms with Crippen LogP contribution in [-0.4, -0.2) is 68.9 Å². The SMILES string of the molecule is COCCCOc1cc(C[C@@H](C[C@H](N)[C@@H](O)C[C@@H](C)C(=O)NCCCO)C(C)C)ccc1OC. The number of aliphatic hydroxyl groups is 2. The Morgan fingerprint density at radius 2 is 1.82 bits per heavy atom. The number of aliphatic hydroxyl groups excluding tert-OH is 2. The molecular formula is C26H46N2O6. The van der Waals surface area contributed by atoms with Crippen LogP contribution in [0.2, 0.25) is 0 Å². The van der Waals surface area contributed by atoms with E-state index in [9.17, 15) is 9.90 Å². The third-order valence-corrected chi connectivity index (χ3v) is 6.16. The van der Waals surface area contributed by atoms with Crippen molar-refractivity contribution in [3.05, 3.63) is 23.8 Å². The second-order valence-corrected chi connectivity index (χ2v) is 9.36. The Bertz CT molecular complexity index is 700. The normalized spacial score (nSPS) is 15.0. The molecule has 0 aromatic heterocycles. The molecule has 1 aromatic carbocycles. The predicted molar refractivity (Wildman–Crippen MR) is 134 cm³/mol. The monoisotopic (exact) mass is 482 g/mol. The van der Waals surface area contributed by atoms with Crippen LogP contribution in [0.1, 0.15) is 52.0 Å². The van der Waals surface area contributed by atoms with Crippen molar-refractivity contribution in [3.8, 4) is 11.5 Å². The van der Waals surface area contributed by atoms with Gasteiger partial charge in [-0.25, -0.2) is 0 Å². The highest BCUT2D eigenvalue weighted by molar-refractivity contribution is 5.78. The zero-order chi connectivity index (χ0) is 25.5. The number of carbonyl (C=O) groups is 1. The molecule has 4 atom stereocenters. The fourth-order valence-electron chi connectivity index (χ4n) is 3.86. The maximum Gasteiger partial charge on any atom is 0.222 e. The summed E-state index contributed by atoms with van der Waals surface area (Å²) in [7, 11) is 3.30. The summed E-state index contributed by atoms with van der Waals surface area (Å²) >= 11 is 0. The van der Waals surface area contributed by atoms with E-state index in [0.717, 1.165) is 18.4 Å². The zero-order valence-corrected chi connectivity index (χ0v) is 21.6. The first-order valence-corrected chi connectivity index (χ1v) is 12.3. The van der Waals surface area contributed by atoms with Gasteiger partial charge in [0.05, 0.1) is 19.8 Å². The number of ether oxygens (including phenoxy) is 3. The molecule has 1 amide bonds. The molecule has 0 unspecified atom stereocenters. The minimum absolute atomic E-state index is 0.0361.